The second-order valence-corrected chi connectivity index (χ2v) is 5.17. The summed E-state index contributed by atoms with van der Waals surface area (Å²) in [4.78, 5) is 14.0. The molecule has 4 heteroatoms. The molecule has 98 valence electrons. The number of nitrogen functional groups attached to an aromatic ring is 1. The Labute approximate surface area is 107 Å². The number of benzene rings is 1. The van der Waals surface area contributed by atoms with Crippen LogP contribution >= 0.6 is 0 Å². The monoisotopic (exact) mass is 250 g/mol. The van der Waals surface area contributed by atoms with Gasteiger partial charge < -0.3 is 10.6 Å². The first-order valence-corrected chi connectivity index (χ1v) is 6.34. The summed E-state index contributed by atoms with van der Waals surface area (Å²) < 4.78 is 14.0. The number of hydrogen-bond donors (Lipinski definition) is 1. The van der Waals surface area contributed by atoms with E-state index in [1.807, 2.05) is 0 Å². The molecular formula is C14H19FN2O. The summed E-state index contributed by atoms with van der Waals surface area (Å²) in [6.45, 7) is 5.20. The van der Waals surface area contributed by atoms with E-state index in [2.05, 4.69) is 6.92 Å². The van der Waals surface area contributed by atoms with Gasteiger partial charge in [-0.15, -0.1) is 0 Å². The molecule has 1 aromatic rings. The molecule has 1 saturated heterocycles. The third kappa shape index (κ3) is 2.47. The lowest BCUT2D eigenvalue weighted by atomic mass is 9.98. The quantitative estimate of drug-likeness (QED) is 0.779. The number of nitrogens with zero attached hydrogens (tertiary/aromatic N) is 1. The Morgan fingerprint density at radius 3 is 2.61 bits per heavy atom. The summed E-state index contributed by atoms with van der Waals surface area (Å²) in [5, 5.41) is 0. The highest BCUT2D eigenvalue weighted by Gasteiger charge is 2.24. The van der Waals surface area contributed by atoms with Crippen LogP contribution in [0.2, 0.25) is 0 Å². The maximum atomic E-state index is 14.0. The van der Waals surface area contributed by atoms with Gasteiger partial charge in [0.25, 0.3) is 5.91 Å². The van der Waals surface area contributed by atoms with E-state index in [1.54, 1.807) is 17.9 Å². The molecule has 0 atom stereocenters. The molecule has 2 rings (SSSR count). The first kappa shape index (κ1) is 12.9. The first-order chi connectivity index (χ1) is 8.49. The van der Waals surface area contributed by atoms with Crippen LogP contribution in [0.5, 0.6) is 0 Å². The molecule has 1 aliphatic heterocycles. The highest BCUT2D eigenvalue weighted by molar-refractivity contribution is 5.95. The molecule has 0 spiro atoms. The summed E-state index contributed by atoms with van der Waals surface area (Å²) in [5.41, 5.74) is 6.63. The Kier molecular flexibility index (Phi) is 3.55. The highest BCUT2D eigenvalue weighted by Crippen LogP contribution is 2.22. The molecule has 18 heavy (non-hydrogen) atoms. The predicted molar refractivity (Wildman–Crippen MR) is 69.9 cm³/mol. The van der Waals surface area contributed by atoms with Crippen LogP contribution in [0.4, 0.5) is 10.1 Å². The lowest BCUT2D eigenvalue weighted by molar-refractivity contribution is 0.0692. The number of amides is 1. The molecule has 1 heterocycles. The van der Waals surface area contributed by atoms with E-state index < -0.39 is 5.82 Å². The van der Waals surface area contributed by atoms with Gasteiger partial charge in [-0.1, -0.05) is 6.92 Å². The zero-order valence-corrected chi connectivity index (χ0v) is 10.9. The van der Waals surface area contributed by atoms with Crippen LogP contribution < -0.4 is 5.73 Å². The molecule has 0 aromatic heterocycles. The zero-order chi connectivity index (χ0) is 13.3. The van der Waals surface area contributed by atoms with Crippen molar-refractivity contribution in [1.29, 1.82) is 0 Å². The third-order valence-corrected chi connectivity index (χ3v) is 3.58. The molecule has 2 N–H and O–H groups in total. The molecule has 0 radical (unpaired) electrons. The highest BCUT2D eigenvalue weighted by atomic mass is 19.1. The number of likely N-dealkylation sites (tertiary alicyclic amines) is 1. The van der Waals surface area contributed by atoms with Crippen molar-refractivity contribution in [3.05, 3.63) is 29.1 Å². The fourth-order valence-electron chi connectivity index (χ4n) is 2.34. The van der Waals surface area contributed by atoms with E-state index in [0.29, 0.717) is 30.3 Å². The molecule has 1 fully saturated rings. The van der Waals surface area contributed by atoms with E-state index in [4.69, 9.17) is 5.73 Å². The Morgan fingerprint density at radius 1 is 1.39 bits per heavy atom. The van der Waals surface area contributed by atoms with Crippen molar-refractivity contribution in [3.8, 4) is 0 Å². The van der Waals surface area contributed by atoms with Gasteiger partial charge in [0, 0.05) is 18.8 Å². The van der Waals surface area contributed by atoms with Crippen molar-refractivity contribution in [2.75, 3.05) is 18.8 Å². The van der Waals surface area contributed by atoms with Gasteiger partial charge in [-0.25, -0.2) is 4.39 Å². The molecule has 1 aliphatic rings. The summed E-state index contributed by atoms with van der Waals surface area (Å²) in [7, 11) is 0. The van der Waals surface area contributed by atoms with Gasteiger partial charge in [-0.2, -0.15) is 0 Å². The number of nitrogens with two attached hydrogens (primary N) is 1. The second kappa shape index (κ2) is 4.96. The summed E-state index contributed by atoms with van der Waals surface area (Å²) in [6, 6.07) is 2.98. The van der Waals surface area contributed by atoms with E-state index in [1.165, 1.54) is 6.07 Å². The lowest BCUT2D eigenvalue weighted by Crippen LogP contribution is -2.38. The maximum Gasteiger partial charge on any atom is 0.256 e. The number of carbonyl (C=O) groups excluding carboxylic acids is 1. The van der Waals surface area contributed by atoms with Crippen molar-refractivity contribution in [2.45, 2.75) is 26.7 Å². The largest absolute Gasteiger partial charge is 0.399 e. The molecule has 0 unspecified atom stereocenters. The van der Waals surface area contributed by atoms with Crippen molar-refractivity contribution in [3.63, 3.8) is 0 Å². The minimum Gasteiger partial charge on any atom is -0.399 e. The molecule has 0 aliphatic carbocycles. The van der Waals surface area contributed by atoms with E-state index >= 15 is 0 Å². The van der Waals surface area contributed by atoms with Gasteiger partial charge in [0.1, 0.15) is 5.82 Å². The normalized spacial score (nSPS) is 16.9. The predicted octanol–water partition coefficient (Wildman–Crippen LogP) is 2.59. The molecule has 1 amide bonds. The fraction of sp³-hybridized carbons (Fsp3) is 0.500. The summed E-state index contributed by atoms with van der Waals surface area (Å²) >= 11 is 0. The van der Waals surface area contributed by atoms with Crippen molar-refractivity contribution < 1.29 is 9.18 Å². The lowest BCUT2D eigenvalue weighted by Gasteiger charge is -2.30. The van der Waals surface area contributed by atoms with E-state index in [-0.39, 0.29) is 11.5 Å². The standard InChI is InChI=1S/C14H19FN2O/c1-9-3-5-17(6-4-9)14(18)12-8-11(16)7-10(2)13(12)15/h7-9H,3-6,16H2,1-2H3. The first-order valence-electron chi connectivity index (χ1n) is 6.34. The summed E-state index contributed by atoms with van der Waals surface area (Å²) in [5.74, 6) is -0.0518. The number of halogens is 1. The number of anilines is 1. The number of piperidine rings is 1. The second-order valence-electron chi connectivity index (χ2n) is 5.17. The number of hydrogen-bond acceptors (Lipinski definition) is 2. The van der Waals surface area contributed by atoms with E-state index in [9.17, 15) is 9.18 Å². The molecule has 3 nitrogen and oxygen atoms in total. The molecule has 0 saturated carbocycles. The van der Waals surface area contributed by atoms with Crippen LogP contribution in [-0.2, 0) is 0 Å². The molecule has 0 bridgehead atoms. The SMILES string of the molecule is Cc1cc(N)cc(C(=O)N2CCC(C)CC2)c1F. The fourth-order valence-corrected chi connectivity index (χ4v) is 2.34. The minimum atomic E-state index is -0.451. The van der Waals surface area contributed by atoms with Gasteiger partial charge >= 0.3 is 0 Å². The maximum absolute atomic E-state index is 14.0. The zero-order valence-electron chi connectivity index (χ0n) is 10.9. The Hall–Kier alpha value is -1.58. The van der Waals surface area contributed by atoms with Crippen molar-refractivity contribution >= 4 is 11.6 Å². The number of aryl methyl sites for hydroxylation is 1. The van der Waals surface area contributed by atoms with Crippen molar-refractivity contribution in [1.82, 2.24) is 4.90 Å². The smallest absolute Gasteiger partial charge is 0.256 e. The van der Waals surface area contributed by atoms with Gasteiger partial charge in [-0.3, -0.25) is 4.79 Å². The Bertz CT molecular complexity index is 465. The molecular weight excluding hydrogens is 231 g/mol. The number of carbonyl (C=O) groups is 1. The van der Waals surface area contributed by atoms with Gasteiger partial charge in [0.05, 0.1) is 5.56 Å². The van der Waals surface area contributed by atoms with Crippen LogP contribution in [0.3, 0.4) is 0 Å². The number of rotatable bonds is 1. The van der Waals surface area contributed by atoms with Gasteiger partial charge in [0.15, 0.2) is 0 Å². The topological polar surface area (TPSA) is 46.3 Å². The van der Waals surface area contributed by atoms with Crippen LogP contribution in [0.25, 0.3) is 0 Å². The van der Waals surface area contributed by atoms with Crippen LogP contribution in [0, 0.1) is 18.7 Å². The van der Waals surface area contributed by atoms with Crippen LogP contribution in [0.15, 0.2) is 12.1 Å². The van der Waals surface area contributed by atoms with Gasteiger partial charge in [0.2, 0.25) is 0 Å². The van der Waals surface area contributed by atoms with Crippen LogP contribution in [0.1, 0.15) is 35.7 Å². The van der Waals surface area contributed by atoms with Gasteiger partial charge in [-0.05, 0) is 43.4 Å². The average molecular weight is 250 g/mol. The van der Waals surface area contributed by atoms with E-state index in [0.717, 1.165) is 12.8 Å². The summed E-state index contributed by atoms with van der Waals surface area (Å²) in [6.07, 6.45) is 1.96. The average Bonchev–Trinajstić information content (AvgIpc) is 2.34. The Morgan fingerprint density at radius 2 is 2.00 bits per heavy atom. The van der Waals surface area contributed by atoms with Crippen molar-refractivity contribution in [2.24, 2.45) is 5.92 Å². The minimum absolute atomic E-state index is 0.0991. The van der Waals surface area contributed by atoms with Crippen LogP contribution in [-0.4, -0.2) is 23.9 Å². The third-order valence-electron chi connectivity index (χ3n) is 3.58. The Balaban J connectivity index is 2.23. The molecule has 1 aromatic carbocycles.